The molecule has 1 aliphatic carbocycles. The molecule has 0 radical (unpaired) electrons. The van der Waals surface area contributed by atoms with Gasteiger partial charge in [0.15, 0.2) is 0 Å². The van der Waals surface area contributed by atoms with Crippen LogP contribution in [0.4, 0.5) is 9.59 Å². The molecule has 2 N–H and O–H groups in total. The number of imide groups is 1. The molecule has 7 nitrogen and oxygen atoms in total. The quantitative estimate of drug-likeness (QED) is 0.501. The Morgan fingerprint density at radius 1 is 0.686 bits per heavy atom. The maximum atomic E-state index is 12.8. The third-order valence-electron chi connectivity index (χ3n) is 5.94. The van der Waals surface area contributed by atoms with Gasteiger partial charge in [0, 0.05) is 12.1 Å². The van der Waals surface area contributed by atoms with Crippen molar-refractivity contribution >= 4 is 18.1 Å². The van der Waals surface area contributed by atoms with Crippen LogP contribution >= 0.6 is 0 Å². The molecule has 180 valence electrons. The Kier molecular flexibility index (Phi) is 8.12. The highest BCUT2D eigenvalue weighted by Gasteiger charge is 2.22. The van der Waals surface area contributed by atoms with E-state index in [-0.39, 0.29) is 13.2 Å². The summed E-state index contributed by atoms with van der Waals surface area (Å²) in [6.07, 6.45) is 2.23. The van der Waals surface area contributed by atoms with Crippen LogP contribution in [0.3, 0.4) is 0 Å². The predicted octanol–water partition coefficient (Wildman–Crippen LogP) is 5.06. The first-order valence-corrected chi connectivity index (χ1v) is 11.7. The Morgan fingerprint density at radius 2 is 1.26 bits per heavy atom. The smallest absolute Gasteiger partial charge is 0.414 e. The van der Waals surface area contributed by atoms with E-state index in [1.165, 1.54) is 0 Å². The molecule has 35 heavy (non-hydrogen) atoms. The van der Waals surface area contributed by atoms with Crippen LogP contribution < -0.4 is 10.6 Å². The van der Waals surface area contributed by atoms with Crippen LogP contribution in [-0.4, -0.2) is 18.1 Å². The molecule has 3 aromatic carbocycles. The number of rotatable bonds is 7. The third-order valence-corrected chi connectivity index (χ3v) is 5.94. The summed E-state index contributed by atoms with van der Waals surface area (Å²) in [5.74, 6) is -0.483. The molecule has 0 saturated heterocycles. The van der Waals surface area contributed by atoms with E-state index in [2.05, 4.69) is 10.6 Å². The highest BCUT2D eigenvalue weighted by Crippen LogP contribution is 2.28. The van der Waals surface area contributed by atoms with Crippen molar-refractivity contribution in [2.45, 2.75) is 45.4 Å². The van der Waals surface area contributed by atoms with E-state index in [9.17, 15) is 14.4 Å². The highest BCUT2D eigenvalue weighted by atomic mass is 16.6. The molecule has 0 atom stereocenters. The van der Waals surface area contributed by atoms with Crippen molar-refractivity contribution in [3.63, 3.8) is 0 Å². The van der Waals surface area contributed by atoms with Crippen molar-refractivity contribution in [2.24, 2.45) is 0 Å². The van der Waals surface area contributed by atoms with Crippen LogP contribution in [0.15, 0.2) is 72.8 Å². The van der Waals surface area contributed by atoms with E-state index in [1.54, 1.807) is 6.07 Å². The summed E-state index contributed by atoms with van der Waals surface area (Å²) in [6, 6.07) is 22.3. The van der Waals surface area contributed by atoms with Crippen LogP contribution in [0.2, 0.25) is 0 Å². The monoisotopic (exact) mass is 472 g/mol. The number of hydrogen-bond donors (Lipinski definition) is 2. The van der Waals surface area contributed by atoms with Crippen LogP contribution in [-0.2, 0) is 42.1 Å². The van der Waals surface area contributed by atoms with Gasteiger partial charge < -0.3 is 14.8 Å². The van der Waals surface area contributed by atoms with Gasteiger partial charge in [-0.3, -0.25) is 10.1 Å². The summed E-state index contributed by atoms with van der Waals surface area (Å²) in [7, 11) is 0. The molecule has 0 heterocycles. The van der Waals surface area contributed by atoms with Crippen molar-refractivity contribution in [3.05, 3.63) is 106 Å². The first-order valence-electron chi connectivity index (χ1n) is 11.7. The van der Waals surface area contributed by atoms with E-state index >= 15 is 0 Å². The summed E-state index contributed by atoms with van der Waals surface area (Å²) in [5, 5.41) is 5.13. The molecule has 0 unspecified atom stereocenters. The fraction of sp³-hybridized carbons (Fsp3) is 0.250. The molecule has 0 spiro atoms. The first-order chi connectivity index (χ1) is 17.1. The Balaban J connectivity index is 1.35. The van der Waals surface area contributed by atoms with Gasteiger partial charge in [0.05, 0.1) is 0 Å². The van der Waals surface area contributed by atoms with Gasteiger partial charge >= 0.3 is 12.2 Å². The van der Waals surface area contributed by atoms with Gasteiger partial charge in [-0.05, 0) is 59.6 Å². The fourth-order valence-corrected chi connectivity index (χ4v) is 4.18. The summed E-state index contributed by atoms with van der Waals surface area (Å²) in [4.78, 5) is 37.2. The standard InChI is InChI=1S/C28H28N2O5/c31-26(30-28(33)35-19-21-11-5-2-6-12-21)25-16-15-22(23-13-7-8-14-24(23)25)17-29-27(32)34-18-20-9-3-1-4-10-20/h1-6,9-12,15-16H,7-8,13-14,17-19H2,(H,29,32)(H,30,31,33). The minimum atomic E-state index is -0.782. The molecule has 0 bridgehead atoms. The lowest BCUT2D eigenvalue weighted by Gasteiger charge is -2.22. The number of ether oxygens (including phenoxy) is 2. The van der Waals surface area contributed by atoms with E-state index < -0.39 is 18.1 Å². The van der Waals surface area contributed by atoms with Crippen molar-refractivity contribution in [1.29, 1.82) is 0 Å². The topological polar surface area (TPSA) is 93.7 Å². The number of benzene rings is 3. The minimum absolute atomic E-state index is 0.0863. The Hall–Kier alpha value is -4.13. The average molecular weight is 473 g/mol. The third kappa shape index (κ3) is 6.69. The van der Waals surface area contributed by atoms with E-state index in [0.29, 0.717) is 12.1 Å². The van der Waals surface area contributed by atoms with Crippen molar-refractivity contribution < 1.29 is 23.9 Å². The molecule has 3 aromatic rings. The van der Waals surface area contributed by atoms with E-state index in [0.717, 1.165) is 53.5 Å². The number of carbonyl (C=O) groups excluding carboxylic acids is 3. The second-order valence-electron chi connectivity index (χ2n) is 8.37. The molecule has 3 amide bonds. The molecular weight excluding hydrogens is 444 g/mol. The lowest BCUT2D eigenvalue weighted by Crippen LogP contribution is -2.32. The first kappa shape index (κ1) is 24.0. The summed E-state index contributed by atoms with van der Waals surface area (Å²) >= 11 is 0. The van der Waals surface area contributed by atoms with Crippen LogP contribution in [0.5, 0.6) is 0 Å². The van der Waals surface area contributed by atoms with Crippen LogP contribution in [0.25, 0.3) is 0 Å². The van der Waals surface area contributed by atoms with Gasteiger partial charge in [-0.15, -0.1) is 0 Å². The van der Waals surface area contributed by atoms with Gasteiger partial charge in [-0.25, -0.2) is 9.59 Å². The van der Waals surface area contributed by atoms with Crippen molar-refractivity contribution in [2.75, 3.05) is 0 Å². The number of amides is 3. The predicted molar refractivity (Wildman–Crippen MR) is 131 cm³/mol. The lowest BCUT2D eigenvalue weighted by atomic mass is 9.84. The van der Waals surface area contributed by atoms with Gasteiger partial charge in [0.2, 0.25) is 0 Å². The van der Waals surface area contributed by atoms with Crippen LogP contribution in [0.1, 0.15) is 51.0 Å². The number of carbonyl (C=O) groups is 3. The molecule has 0 fully saturated rings. The summed E-state index contributed by atoms with van der Waals surface area (Å²) in [5.41, 5.74) is 5.13. The number of fused-ring (bicyclic) bond motifs is 1. The lowest BCUT2D eigenvalue weighted by molar-refractivity contribution is 0.0911. The average Bonchev–Trinajstić information content (AvgIpc) is 2.90. The van der Waals surface area contributed by atoms with Gasteiger partial charge in [0.1, 0.15) is 13.2 Å². The highest BCUT2D eigenvalue weighted by molar-refractivity contribution is 6.04. The Morgan fingerprint density at radius 3 is 1.89 bits per heavy atom. The number of alkyl carbamates (subject to hydrolysis) is 2. The SMILES string of the molecule is O=C(NCc1ccc(C(=O)NC(=O)OCc2ccccc2)c2c1CCCC2)OCc1ccccc1. The second-order valence-corrected chi connectivity index (χ2v) is 8.37. The maximum Gasteiger partial charge on any atom is 0.414 e. The van der Waals surface area contributed by atoms with Gasteiger partial charge in [0.25, 0.3) is 5.91 Å². The summed E-state index contributed by atoms with van der Waals surface area (Å²) < 4.78 is 10.5. The Labute approximate surface area is 204 Å². The molecule has 1 aliphatic rings. The van der Waals surface area contributed by atoms with Crippen molar-refractivity contribution in [1.82, 2.24) is 10.6 Å². The van der Waals surface area contributed by atoms with E-state index in [1.807, 2.05) is 66.7 Å². The van der Waals surface area contributed by atoms with Gasteiger partial charge in [-0.2, -0.15) is 0 Å². The molecule has 7 heteroatoms. The molecular formula is C28H28N2O5. The van der Waals surface area contributed by atoms with Gasteiger partial charge in [-0.1, -0.05) is 66.7 Å². The molecule has 4 rings (SSSR count). The molecule has 0 aromatic heterocycles. The second kappa shape index (κ2) is 11.8. The zero-order chi connectivity index (χ0) is 24.5. The normalized spacial score (nSPS) is 12.2. The number of hydrogen-bond acceptors (Lipinski definition) is 5. The minimum Gasteiger partial charge on any atom is -0.445 e. The summed E-state index contributed by atoms with van der Waals surface area (Å²) in [6.45, 7) is 0.588. The Bertz CT molecular complexity index is 1180. The fourth-order valence-electron chi connectivity index (χ4n) is 4.18. The number of nitrogens with one attached hydrogen (secondary N) is 2. The largest absolute Gasteiger partial charge is 0.445 e. The zero-order valence-corrected chi connectivity index (χ0v) is 19.4. The van der Waals surface area contributed by atoms with Crippen LogP contribution in [0, 0.1) is 0 Å². The van der Waals surface area contributed by atoms with E-state index in [4.69, 9.17) is 9.47 Å². The molecule has 0 aliphatic heterocycles. The zero-order valence-electron chi connectivity index (χ0n) is 19.4. The molecule has 0 saturated carbocycles. The van der Waals surface area contributed by atoms with Crippen molar-refractivity contribution in [3.8, 4) is 0 Å². The maximum absolute atomic E-state index is 12.8.